The summed E-state index contributed by atoms with van der Waals surface area (Å²) in [5.74, 6) is 1.42. The standard InChI is InChI=1S/C10H12BrNO/c1-13-10-6(7-5-9(7)12)3-2-4-8(10)11/h2-4,7,9H,5,12H2,1H3/t7-,9+/m0/s1. The van der Waals surface area contributed by atoms with E-state index in [4.69, 9.17) is 10.5 Å². The second kappa shape index (κ2) is 3.31. The Morgan fingerprint density at radius 2 is 2.23 bits per heavy atom. The molecule has 0 unspecified atom stereocenters. The number of methoxy groups -OCH3 is 1. The minimum atomic E-state index is 0.322. The molecule has 1 aromatic carbocycles. The molecule has 2 atom stereocenters. The first-order valence-electron chi connectivity index (χ1n) is 4.32. The second-order valence-electron chi connectivity index (χ2n) is 3.37. The maximum absolute atomic E-state index is 5.80. The van der Waals surface area contributed by atoms with Crippen molar-refractivity contribution >= 4 is 15.9 Å². The SMILES string of the molecule is COc1c(Br)cccc1[C@@H]1C[C@H]1N. The van der Waals surface area contributed by atoms with E-state index in [-0.39, 0.29) is 0 Å². The summed E-state index contributed by atoms with van der Waals surface area (Å²) in [5.41, 5.74) is 7.03. The molecule has 13 heavy (non-hydrogen) atoms. The maximum Gasteiger partial charge on any atom is 0.136 e. The maximum atomic E-state index is 5.80. The van der Waals surface area contributed by atoms with Crippen molar-refractivity contribution in [3.63, 3.8) is 0 Å². The van der Waals surface area contributed by atoms with Crippen molar-refractivity contribution in [2.24, 2.45) is 5.73 Å². The Bertz CT molecular complexity index is 327. The molecule has 0 spiro atoms. The first kappa shape index (κ1) is 9.03. The van der Waals surface area contributed by atoms with Gasteiger partial charge in [0.2, 0.25) is 0 Å². The van der Waals surface area contributed by atoms with E-state index in [1.165, 1.54) is 5.56 Å². The Balaban J connectivity index is 2.38. The second-order valence-corrected chi connectivity index (χ2v) is 4.22. The fourth-order valence-corrected chi connectivity index (χ4v) is 2.15. The van der Waals surface area contributed by atoms with Crippen molar-refractivity contribution in [2.45, 2.75) is 18.4 Å². The Kier molecular flexibility index (Phi) is 2.30. The molecule has 1 fully saturated rings. The fraction of sp³-hybridized carbons (Fsp3) is 0.400. The van der Waals surface area contributed by atoms with Gasteiger partial charge in [-0.25, -0.2) is 0 Å². The molecule has 0 aromatic heterocycles. The summed E-state index contributed by atoms with van der Waals surface area (Å²) in [5, 5.41) is 0. The molecule has 3 heteroatoms. The van der Waals surface area contributed by atoms with Gasteiger partial charge in [-0.05, 0) is 34.0 Å². The smallest absolute Gasteiger partial charge is 0.136 e. The number of benzene rings is 1. The lowest BCUT2D eigenvalue weighted by Crippen LogP contribution is -2.02. The highest BCUT2D eigenvalue weighted by molar-refractivity contribution is 9.10. The number of hydrogen-bond acceptors (Lipinski definition) is 2. The molecule has 0 amide bonds. The predicted molar refractivity (Wildman–Crippen MR) is 56.0 cm³/mol. The summed E-state index contributed by atoms with van der Waals surface area (Å²) in [6.07, 6.45) is 1.08. The van der Waals surface area contributed by atoms with E-state index in [0.29, 0.717) is 12.0 Å². The quantitative estimate of drug-likeness (QED) is 0.863. The predicted octanol–water partition coefficient (Wildman–Crippen LogP) is 2.27. The first-order valence-corrected chi connectivity index (χ1v) is 5.11. The van der Waals surface area contributed by atoms with Gasteiger partial charge in [0.1, 0.15) is 5.75 Å². The number of para-hydroxylation sites is 1. The van der Waals surface area contributed by atoms with Crippen LogP contribution in [-0.2, 0) is 0 Å². The van der Waals surface area contributed by atoms with E-state index < -0.39 is 0 Å². The zero-order valence-electron chi connectivity index (χ0n) is 7.46. The summed E-state index contributed by atoms with van der Waals surface area (Å²) in [4.78, 5) is 0. The van der Waals surface area contributed by atoms with Gasteiger partial charge in [-0.2, -0.15) is 0 Å². The molecule has 2 N–H and O–H groups in total. The summed E-state index contributed by atoms with van der Waals surface area (Å²) < 4.78 is 6.33. The van der Waals surface area contributed by atoms with Gasteiger partial charge >= 0.3 is 0 Å². The van der Waals surface area contributed by atoms with Crippen molar-refractivity contribution in [3.05, 3.63) is 28.2 Å². The summed E-state index contributed by atoms with van der Waals surface area (Å²) in [6.45, 7) is 0. The van der Waals surface area contributed by atoms with Crippen LogP contribution in [0.3, 0.4) is 0 Å². The van der Waals surface area contributed by atoms with Gasteiger partial charge < -0.3 is 10.5 Å². The van der Waals surface area contributed by atoms with Gasteiger partial charge in [-0.3, -0.25) is 0 Å². The van der Waals surface area contributed by atoms with Crippen molar-refractivity contribution in [1.82, 2.24) is 0 Å². The molecule has 1 saturated carbocycles. The van der Waals surface area contributed by atoms with E-state index >= 15 is 0 Å². The van der Waals surface area contributed by atoms with Gasteiger partial charge in [-0.1, -0.05) is 12.1 Å². The first-order chi connectivity index (χ1) is 6.24. The van der Waals surface area contributed by atoms with Gasteiger partial charge in [0.25, 0.3) is 0 Å². The van der Waals surface area contributed by atoms with Crippen LogP contribution >= 0.6 is 15.9 Å². The minimum absolute atomic E-state index is 0.322. The van der Waals surface area contributed by atoms with Gasteiger partial charge in [-0.15, -0.1) is 0 Å². The number of nitrogens with two attached hydrogens (primary N) is 1. The topological polar surface area (TPSA) is 35.2 Å². The Labute approximate surface area is 86.2 Å². The number of halogens is 1. The van der Waals surface area contributed by atoms with E-state index in [1.54, 1.807) is 7.11 Å². The zero-order valence-corrected chi connectivity index (χ0v) is 9.04. The molecule has 0 radical (unpaired) electrons. The van der Waals surface area contributed by atoms with E-state index in [2.05, 4.69) is 22.0 Å². The molecule has 1 aliphatic carbocycles. The Hall–Kier alpha value is -0.540. The molecule has 70 valence electrons. The lowest BCUT2D eigenvalue weighted by atomic mass is 10.1. The zero-order chi connectivity index (χ0) is 9.42. The van der Waals surface area contributed by atoms with Crippen LogP contribution in [-0.4, -0.2) is 13.2 Å². The monoisotopic (exact) mass is 241 g/mol. The van der Waals surface area contributed by atoms with Crippen LogP contribution < -0.4 is 10.5 Å². The lowest BCUT2D eigenvalue weighted by molar-refractivity contribution is 0.407. The fourth-order valence-electron chi connectivity index (χ4n) is 1.61. The molecule has 1 aliphatic rings. The minimum Gasteiger partial charge on any atom is -0.495 e. The lowest BCUT2D eigenvalue weighted by Gasteiger charge is -2.09. The molecule has 2 rings (SSSR count). The third-order valence-corrected chi connectivity index (χ3v) is 3.07. The number of hydrogen-bond donors (Lipinski definition) is 1. The highest BCUT2D eigenvalue weighted by atomic mass is 79.9. The van der Waals surface area contributed by atoms with Crippen LogP contribution in [0.25, 0.3) is 0 Å². The van der Waals surface area contributed by atoms with Gasteiger partial charge in [0, 0.05) is 12.0 Å². The Morgan fingerprint density at radius 3 is 2.77 bits per heavy atom. The molecular weight excluding hydrogens is 230 g/mol. The van der Waals surface area contributed by atoms with Gasteiger partial charge in [0.15, 0.2) is 0 Å². The molecular formula is C10H12BrNO. The third-order valence-electron chi connectivity index (χ3n) is 2.44. The van der Waals surface area contributed by atoms with Crippen molar-refractivity contribution in [2.75, 3.05) is 7.11 Å². The van der Waals surface area contributed by atoms with Crippen LogP contribution in [0, 0.1) is 0 Å². The van der Waals surface area contributed by atoms with Crippen molar-refractivity contribution in [1.29, 1.82) is 0 Å². The largest absolute Gasteiger partial charge is 0.495 e. The summed E-state index contributed by atoms with van der Waals surface area (Å²) in [7, 11) is 1.69. The van der Waals surface area contributed by atoms with E-state index in [1.807, 2.05) is 12.1 Å². The average molecular weight is 242 g/mol. The van der Waals surface area contributed by atoms with Crippen molar-refractivity contribution < 1.29 is 4.74 Å². The van der Waals surface area contributed by atoms with Gasteiger partial charge in [0.05, 0.1) is 11.6 Å². The molecule has 1 aromatic rings. The average Bonchev–Trinajstić information content (AvgIpc) is 2.82. The molecule has 0 bridgehead atoms. The summed E-state index contributed by atoms with van der Waals surface area (Å²) >= 11 is 3.46. The van der Waals surface area contributed by atoms with Crippen molar-refractivity contribution in [3.8, 4) is 5.75 Å². The van der Waals surface area contributed by atoms with Crippen LogP contribution in [0.15, 0.2) is 22.7 Å². The molecule has 0 saturated heterocycles. The van der Waals surface area contributed by atoms with E-state index in [9.17, 15) is 0 Å². The van der Waals surface area contributed by atoms with Crippen LogP contribution in [0.2, 0.25) is 0 Å². The Morgan fingerprint density at radius 1 is 1.54 bits per heavy atom. The molecule has 0 heterocycles. The van der Waals surface area contributed by atoms with Crippen LogP contribution in [0.4, 0.5) is 0 Å². The number of ether oxygens (including phenoxy) is 1. The highest BCUT2D eigenvalue weighted by Crippen LogP contribution is 2.45. The van der Waals surface area contributed by atoms with E-state index in [0.717, 1.165) is 16.6 Å². The number of rotatable bonds is 2. The van der Waals surface area contributed by atoms with Crippen LogP contribution in [0.1, 0.15) is 17.9 Å². The highest BCUT2D eigenvalue weighted by Gasteiger charge is 2.37. The normalized spacial score (nSPS) is 25.8. The third kappa shape index (κ3) is 1.58. The molecule has 0 aliphatic heterocycles. The molecule has 2 nitrogen and oxygen atoms in total. The van der Waals surface area contributed by atoms with Crippen LogP contribution in [0.5, 0.6) is 5.75 Å². The summed E-state index contributed by atoms with van der Waals surface area (Å²) in [6, 6.07) is 6.41.